The quantitative estimate of drug-likeness (QED) is 0.923. The van der Waals surface area contributed by atoms with Gasteiger partial charge in [0.05, 0.1) is 18.5 Å². The Bertz CT molecular complexity index is 478. The van der Waals surface area contributed by atoms with Gasteiger partial charge in [0.25, 0.3) is 0 Å². The minimum atomic E-state index is 0.119. The van der Waals surface area contributed by atoms with E-state index >= 15 is 0 Å². The van der Waals surface area contributed by atoms with Crippen molar-refractivity contribution in [3.05, 3.63) is 40.5 Å². The summed E-state index contributed by atoms with van der Waals surface area (Å²) in [5.41, 5.74) is 2.25. The Balaban J connectivity index is 2.32. The molecule has 0 spiro atoms. The molecule has 2 aromatic rings. The normalized spacial score (nSPS) is 12.9. The highest BCUT2D eigenvalue weighted by atomic mass is 79.9. The number of aryl methyl sites for hydroxylation is 1. The summed E-state index contributed by atoms with van der Waals surface area (Å²) in [4.78, 5) is 0. The lowest BCUT2D eigenvalue weighted by Gasteiger charge is -2.15. The molecule has 0 aliphatic carbocycles. The van der Waals surface area contributed by atoms with Crippen molar-refractivity contribution in [2.45, 2.75) is 26.4 Å². The lowest BCUT2D eigenvalue weighted by molar-refractivity contribution is 0.526. The Morgan fingerprint density at radius 3 is 2.88 bits per heavy atom. The van der Waals surface area contributed by atoms with Gasteiger partial charge >= 0.3 is 0 Å². The number of halogens is 1. The fourth-order valence-electron chi connectivity index (χ4n) is 1.82. The lowest BCUT2D eigenvalue weighted by atomic mass is 10.1. The molecule has 0 aliphatic rings. The van der Waals surface area contributed by atoms with Crippen molar-refractivity contribution < 1.29 is 4.42 Å². The zero-order valence-corrected chi connectivity index (χ0v) is 11.6. The number of rotatable bonds is 5. The number of furan rings is 1. The Morgan fingerprint density at radius 2 is 2.35 bits per heavy atom. The topological polar surface area (TPSA) is 43.0 Å². The summed E-state index contributed by atoms with van der Waals surface area (Å²) in [6.07, 6.45) is 5.65. The SMILES string of the molecule is CCNC(c1cnn(CC)c1)c1ccoc1Br. The lowest BCUT2D eigenvalue weighted by Crippen LogP contribution is -2.21. The van der Waals surface area contributed by atoms with Gasteiger partial charge in [0.1, 0.15) is 0 Å². The zero-order chi connectivity index (χ0) is 12.3. The van der Waals surface area contributed by atoms with E-state index in [4.69, 9.17) is 4.42 Å². The highest BCUT2D eigenvalue weighted by Crippen LogP contribution is 2.29. The molecule has 4 nitrogen and oxygen atoms in total. The van der Waals surface area contributed by atoms with Gasteiger partial charge in [-0.1, -0.05) is 6.92 Å². The van der Waals surface area contributed by atoms with Crippen LogP contribution in [0.15, 0.2) is 33.8 Å². The van der Waals surface area contributed by atoms with E-state index < -0.39 is 0 Å². The van der Waals surface area contributed by atoms with Crippen LogP contribution >= 0.6 is 15.9 Å². The fourth-order valence-corrected chi connectivity index (χ4v) is 2.29. The van der Waals surface area contributed by atoms with Gasteiger partial charge in [-0.05, 0) is 35.5 Å². The summed E-state index contributed by atoms with van der Waals surface area (Å²) in [6.45, 7) is 5.93. The van der Waals surface area contributed by atoms with E-state index in [-0.39, 0.29) is 6.04 Å². The Kier molecular flexibility index (Phi) is 4.02. The van der Waals surface area contributed by atoms with E-state index in [1.807, 2.05) is 16.9 Å². The summed E-state index contributed by atoms with van der Waals surface area (Å²) in [5.74, 6) is 0. The van der Waals surface area contributed by atoms with Crippen LogP contribution in [0.2, 0.25) is 0 Å². The number of nitrogens with zero attached hydrogens (tertiary/aromatic N) is 2. The molecular weight excluding hydrogens is 282 g/mol. The molecule has 92 valence electrons. The number of hydrogen-bond donors (Lipinski definition) is 1. The Labute approximate surface area is 109 Å². The van der Waals surface area contributed by atoms with Gasteiger partial charge in [-0.3, -0.25) is 4.68 Å². The van der Waals surface area contributed by atoms with Crippen LogP contribution in [0.1, 0.15) is 31.0 Å². The van der Waals surface area contributed by atoms with Crippen LogP contribution in [-0.4, -0.2) is 16.3 Å². The molecule has 0 aromatic carbocycles. The maximum atomic E-state index is 5.30. The average Bonchev–Trinajstić information content (AvgIpc) is 2.95. The second-order valence-corrected chi connectivity index (χ2v) is 4.49. The van der Waals surface area contributed by atoms with Gasteiger partial charge in [0.2, 0.25) is 0 Å². The predicted molar refractivity (Wildman–Crippen MR) is 69.8 cm³/mol. The summed E-state index contributed by atoms with van der Waals surface area (Å²) < 4.78 is 7.99. The van der Waals surface area contributed by atoms with Crippen molar-refractivity contribution in [2.75, 3.05) is 6.54 Å². The maximum Gasteiger partial charge on any atom is 0.174 e. The Morgan fingerprint density at radius 1 is 1.53 bits per heavy atom. The van der Waals surface area contributed by atoms with Crippen LogP contribution in [-0.2, 0) is 6.54 Å². The number of nitrogens with one attached hydrogen (secondary N) is 1. The van der Waals surface area contributed by atoms with Crippen LogP contribution in [0.4, 0.5) is 0 Å². The molecule has 0 saturated heterocycles. The van der Waals surface area contributed by atoms with Crippen LogP contribution < -0.4 is 5.32 Å². The van der Waals surface area contributed by atoms with Gasteiger partial charge in [-0.25, -0.2) is 0 Å². The maximum absolute atomic E-state index is 5.30. The number of hydrogen-bond acceptors (Lipinski definition) is 3. The highest BCUT2D eigenvalue weighted by Gasteiger charge is 2.19. The highest BCUT2D eigenvalue weighted by molar-refractivity contribution is 9.10. The predicted octanol–water partition coefficient (Wildman–Crippen LogP) is 2.96. The molecule has 0 saturated carbocycles. The van der Waals surface area contributed by atoms with E-state index in [1.54, 1.807) is 6.26 Å². The monoisotopic (exact) mass is 297 g/mol. The minimum Gasteiger partial charge on any atom is -0.457 e. The van der Waals surface area contributed by atoms with E-state index in [0.717, 1.165) is 28.9 Å². The molecule has 0 amide bonds. The summed E-state index contributed by atoms with van der Waals surface area (Å²) in [7, 11) is 0. The fraction of sp³-hybridized carbons (Fsp3) is 0.417. The molecule has 17 heavy (non-hydrogen) atoms. The summed E-state index contributed by atoms with van der Waals surface area (Å²) >= 11 is 3.42. The first-order valence-electron chi connectivity index (χ1n) is 5.74. The molecule has 5 heteroatoms. The number of aromatic nitrogens is 2. The van der Waals surface area contributed by atoms with Crippen LogP contribution in [0.25, 0.3) is 0 Å². The molecule has 1 atom stereocenters. The third kappa shape index (κ3) is 2.61. The standard InChI is InChI=1S/C12H16BrN3O/c1-3-14-11(10-5-6-17-12(10)13)9-7-15-16(4-2)8-9/h5-8,11,14H,3-4H2,1-2H3. The van der Waals surface area contributed by atoms with Crippen molar-refractivity contribution in [3.8, 4) is 0 Å². The van der Waals surface area contributed by atoms with E-state index in [0.29, 0.717) is 0 Å². The van der Waals surface area contributed by atoms with Gasteiger partial charge in [-0.15, -0.1) is 0 Å². The van der Waals surface area contributed by atoms with E-state index in [9.17, 15) is 0 Å². The molecule has 0 fully saturated rings. The van der Waals surface area contributed by atoms with Crippen molar-refractivity contribution in [1.29, 1.82) is 0 Å². The average molecular weight is 298 g/mol. The van der Waals surface area contributed by atoms with Gasteiger partial charge < -0.3 is 9.73 Å². The smallest absolute Gasteiger partial charge is 0.174 e. The second-order valence-electron chi connectivity index (χ2n) is 3.77. The Hall–Kier alpha value is -1.07. The first-order valence-corrected chi connectivity index (χ1v) is 6.54. The summed E-state index contributed by atoms with van der Waals surface area (Å²) in [5, 5.41) is 7.74. The largest absolute Gasteiger partial charge is 0.457 e. The molecular formula is C12H16BrN3O. The molecule has 1 N–H and O–H groups in total. The minimum absolute atomic E-state index is 0.119. The van der Waals surface area contributed by atoms with Crippen LogP contribution in [0, 0.1) is 0 Å². The van der Waals surface area contributed by atoms with Gasteiger partial charge in [0, 0.05) is 23.9 Å². The van der Waals surface area contributed by atoms with Gasteiger partial charge in [-0.2, -0.15) is 5.10 Å². The van der Waals surface area contributed by atoms with Crippen molar-refractivity contribution >= 4 is 15.9 Å². The van der Waals surface area contributed by atoms with Crippen LogP contribution in [0.3, 0.4) is 0 Å². The van der Waals surface area contributed by atoms with Crippen LogP contribution in [0.5, 0.6) is 0 Å². The van der Waals surface area contributed by atoms with Gasteiger partial charge in [0.15, 0.2) is 4.67 Å². The molecule has 0 aliphatic heterocycles. The molecule has 2 rings (SSSR count). The third-order valence-electron chi connectivity index (χ3n) is 2.68. The molecule has 0 radical (unpaired) electrons. The van der Waals surface area contributed by atoms with Crippen molar-refractivity contribution in [3.63, 3.8) is 0 Å². The van der Waals surface area contributed by atoms with Crippen molar-refractivity contribution in [1.82, 2.24) is 15.1 Å². The first-order chi connectivity index (χ1) is 8.26. The van der Waals surface area contributed by atoms with Crippen molar-refractivity contribution in [2.24, 2.45) is 0 Å². The first kappa shape index (κ1) is 12.4. The summed E-state index contributed by atoms with van der Waals surface area (Å²) in [6, 6.07) is 2.09. The molecule has 1 unspecified atom stereocenters. The molecule has 2 aromatic heterocycles. The second kappa shape index (κ2) is 5.51. The molecule has 0 bridgehead atoms. The zero-order valence-electron chi connectivity index (χ0n) is 9.98. The molecule has 2 heterocycles. The third-order valence-corrected chi connectivity index (χ3v) is 3.32. The van der Waals surface area contributed by atoms with E-state index in [2.05, 4.69) is 46.4 Å². The van der Waals surface area contributed by atoms with E-state index in [1.165, 1.54) is 0 Å².